The fourth-order valence-corrected chi connectivity index (χ4v) is 3.31. The number of halogens is 2. The third-order valence-electron chi connectivity index (χ3n) is 4.32. The fourth-order valence-electron chi connectivity index (χ4n) is 2.80. The maximum atomic E-state index is 12.9. The number of carbonyl (C=O) groups is 1. The number of hydrogen-bond donors (Lipinski definition) is 0. The minimum absolute atomic E-state index is 0.190. The lowest BCUT2D eigenvalue weighted by Crippen LogP contribution is -2.31. The standard InChI is InChI=1S/C21H21Cl2N3O2/c1-15-19(20(23)26(24-15)14-16-8-4-3-5-9-16)21(27)25(2)12-13-28-18-11-7-6-10-17(18)22/h3-11H,12-14H2,1-2H3. The van der Waals surface area contributed by atoms with Crippen LogP contribution in [-0.2, 0) is 6.54 Å². The molecule has 0 aliphatic rings. The van der Waals surface area contributed by atoms with Crippen molar-refractivity contribution in [1.82, 2.24) is 14.7 Å². The van der Waals surface area contributed by atoms with E-state index in [9.17, 15) is 4.79 Å². The van der Waals surface area contributed by atoms with Gasteiger partial charge in [0, 0.05) is 7.05 Å². The Hall–Kier alpha value is -2.50. The first-order valence-electron chi connectivity index (χ1n) is 8.87. The van der Waals surface area contributed by atoms with Gasteiger partial charge in [-0.3, -0.25) is 4.79 Å². The van der Waals surface area contributed by atoms with Gasteiger partial charge in [-0.05, 0) is 24.6 Å². The summed E-state index contributed by atoms with van der Waals surface area (Å²) in [5.74, 6) is 0.402. The molecule has 0 aliphatic heterocycles. The maximum Gasteiger partial charge on any atom is 0.258 e. The van der Waals surface area contributed by atoms with Gasteiger partial charge >= 0.3 is 0 Å². The lowest BCUT2D eigenvalue weighted by molar-refractivity contribution is 0.0773. The molecule has 1 aromatic heterocycles. The highest BCUT2D eigenvalue weighted by Gasteiger charge is 2.23. The number of hydrogen-bond acceptors (Lipinski definition) is 3. The molecule has 0 bridgehead atoms. The van der Waals surface area contributed by atoms with Crippen molar-refractivity contribution in [1.29, 1.82) is 0 Å². The highest BCUT2D eigenvalue weighted by atomic mass is 35.5. The molecule has 146 valence electrons. The Morgan fingerprint density at radius 1 is 1.11 bits per heavy atom. The van der Waals surface area contributed by atoms with Gasteiger partial charge in [-0.1, -0.05) is 65.7 Å². The Bertz CT molecular complexity index is 958. The summed E-state index contributed by atoms with van der Waals surface area (Å²) in [5.41, 5.74) is 2.08. The second-order valence-corrected chi connectivity index (χ2v) is 7.17. The highest BCUT2D eigenvalue weighted by molar-refractivity contribution is 6.33. The van der Waals surface area contributed by atoms with Crippen LogP contribution in [0.3, 0.4) is 0 Å². The molecule has 0 saturated carbocycles. The van der Waals surface area contributed by atoms with E-state index in [-0.39, 0.29) is 5.91 Å². The number of carbonyl (C=O) groups excluding carboxylic acids is 1. The fraction of sp³-hybridized carbons (Fsp3) is 0.238. The van der Waals surface area contributed by atoms with E-state index in [2.05, 4.69) is 5.10 Å². The first-order chi connectivity index (χ1) is 13.5. The van der Waals surface area contributed by atoms with Gasteiger partial charge < -0.3 is 9.64 Å². The molecular weight excluding hydrogens is 397 g/mol. The van der Waals surface area contributed by atoms with Crippen molar-refractivity contribution in [2.75, 3.05) is 20.2 Å². The maximum absolute atomic E-state index is 12.9. The van der Waals surface area contributed by atoms with E-state index < -0.39 is 0 Å². The molecule has 0 saturated heterocycles. The average Bonchev–Trinajstić information content (AvgIpc) is 2.96. The number of amides is 1. The van der Waals surface area contributed by atoms with E-state index >= 15 is 0 Å². The number of aromatic nitrogens is 2. The normalized spacial score (nSPS) is 10.7. The Kier molecular flexibility index (Phi) is 6.60. The van der Waals surface area contributed by atoms with Crippen LogP contribution in [0.25, 0.3) is 0 Å². The van der Waals surface area contributed by atoms with Crippen LogP contribution in [0, 0.1) is 6.92 Å². The molecule has 0 aliphatic carbocycles. The molecule has 1 amide bonds. The third kappa shape index (κ3) is 4.66. The van der Waals surface area contributed by atoms with Gasteiger partial charge in [0.15, 0.2) is 0 Å². The molecule has 0 spiro atoms. The molecule has 3 aromatic rings. The third-order valence-corrected chi connectivity index (χ3v) is 5.02. The van der Waals surface area contributed by atoms with E-state index in [1.165, 1.54) is 0 Å². The summed E-state index contributed by atoms with van der Waals surface area (Å²) in [6.45, 7) is 3.01. The van der Waals surface area contributed by atoms with Crippen LogP contribution in [-0.4, -0.2) is 40.8 Å². The summed E-state index contributed by atoms with van der Waals surface area (Å²) in [6, 6.07) is 17.1. The summed E-state index contributed by atoms with van der Waals surface area (Å²) >= 11 is 12.5. The van der Waals surface area contributed by atoms with E-state index in [1.807, 2.05) is 42.5 Å². The van der Waals surface area contributed by atoms with Gasteiger partial charge in [-0.2, -0.15) is 5.10 Å². The van der Waals surface area contributed by atoms with Crippen molar-refractivity contribution in [3.05, 3.63) is 81.6 Å². The number of likely N-dealkylation sites (N-methyl/N-ethyl adjacent to an activating group) is 1. The smallest absolute Gasteiger partial charge is 0.258 e. The van der Waals surface area contributed by atoms with Crippen molar-refractivity contribution in [3.63, 3.8) is 0 Å². The van der Waals surface area contributed by atoms with Crippen LogP contribution < -0.4 is 4.74 Å². The van der Waals surface area contributed by atoms with E-state index in [4.69, 9.17) is 27.9 Å². The summed E-state index contributed by atoms with van der Waals surface area (Å²) in [7, 11) is 1.71. The number of para-hydroxylation sites is 1. The minimum Gasteiger partial charge on any atom is -0.490 e. The first kappa shape index (κ1) is 20.2. The summed E-state index contributed by atoms with van der Waals surface area (Å²) in [4.78, 5) is 14.4. The zero-order chi connectivity index (χ0) is 20.1. The zero-order valence-corrected chi connectivity index (χ0v) is 17.2. The molecule has 7 heteroatoms. The molecule has 0 atom stereocenters. The second kappa shape index (κ2) is 9.13. The quantitative estimate of drug-likeness (QED) is 0.559. The Morgan fingerprint density at radius 3 is 2.50 bits per heavy atom. The van der Waals surface area contributed by atoms with Gasteiger partial charge in [0.1, 0.15) is 17.5 Å². The zero-order valence-electron chi connectivity index (χ0n) is 15.7. The number of benzene rings is 2. The molecule has 1 heterocycles. The molecule has 3 rings (SSSR count). The van der Waals surface area contributed by atoms with Crippen molar-refractivity contribution >= 4 is 29.1 Å². The van der Waals surface area contributed by atoms with Crippen molar-refractivity contribution in [2.45, 2.75) is 13.5 Å². The van der Waals surface area contributed by atoms with Crippen LogP contribution in [0.1, 0.15) is 21.6 Å². The molecule has 5 nitrogen and oxygen atoms in total. The number of rotatable bonds is 7. The Labute approximate surface area is 174 Å². The number of nitrogens with zero attached hydrogens (tertiary/aromatic N) is 3. The van der Waals surface area contributed by atoms with Gasteiger partial charge in [0.05, 0.1) is 29.4 Å². The van der Waals surface area contributed by atoms with Crippen molar-refractivity contribution in [2.24, 2.45) is 0 Å². The summed E-state index contributed by atoms with van der Waals surface area (Å²) in [6.07, 6.45) is 0. The topological polar surface area (TPSA) is 47.4 Å². The molecule has 0 radical (unpaired) electrons. The largest absolute Gasteiger partial charge is 0.490 e. The minimum atomic E-state index is -0.190. The van der Waals surface area contributed by atoms with E-state index in [1.54, 1.807) is 35.7 Å². The molecule has 2 aromatic carbocycles. The highest BCUT2D eigenvalue weighted by Crippen LogP contribution is 2.24. The summed E-state index contributed by atoms with van der Waals surface area (Å²) in [5, 5.41) is 5.31. The van der Waals surface area contributed by atoms with E-state index in [0.717, 1.165) is 5.56 Å². The first-order valence-corrected chi connectivity index (χ1v) is 9.62. The predicted octanol–water partition coefficient (Wildman–Crippen LogP) is 4.70. The van der Waals surface area contributed by atoms with Crippen LogP contribution in [0.2, 0.25) is 10.2 Å². The van der Waals surface area contributed by atoms with E-state index in [0.29, 0.717) is 46.9 Å². The van der Waals surface area contributed by atoms with Gasteiger partial charge in [-0.25, -0.2) is 4.68 Å². The van der Waals surface area contributed by atoms with Gasteiger partial charge in [0.25, 0.3) is 5.91 Å². The lowest BCUT2D eigenvalue weighted by atomic mass is 10.2. The summed E-state index contributed by atoms with van der Waals surface area (Å²) < 4.78 is 7.30. The SMILES string of the molecule is Cc1nn(Cc2ccccc2)c(Cl)c1C(=O)N(C)CCOc1ccccc1Cl. The molecular formula is C21H21Cl2N3O2. The van der Waals surface area contributed by atoms with Crippen molar-refractivity contribution < 1.29 is 9.53 Å². The average molecular weight is 418 g/mol. The van der Waals surface area contributed by atoms with Crippen LogP contribution in [0.15, 0.2) is 54.6 Å². The lowest BCUT2D eigenvalue weighted by Gasteiger charge is -2.18. The van der Waals surface area contributed by atoms with Crippen molar-refractivity contribution in [3.8, 4) is 5.75 Å². The molecule has 0 fully saturated rings. The van der Waals surface area contributed by atoms with Gasteiger partial charge in [-0.15, -0.1) is 0 Å². The number of ether oxygens (including phenoxy) is 1. The van der Waals surface area contributed by atoms with Crippen LogP contribution in [0.5, 0.6) is 5.75 Å². The van der Waals surface area contributed by atoms with Crippen LogP contribution in [0.4, 0.5) is 0 Å². The molecule has 28 heavy (non-hydrogen) atoms. The molecule has 0 N–H and O–H groups in total. The predicted molar refractivity (Wildman–Crippen MR) is 111 cm³/mol. The Balaban J connectivity index is 1.65. The number of aryl methyl sites for hydroxylation is 1. The molecule has 0 unspecified atom stereocenters. The van der Waals surface area contributed by atoms with Gasteiger partial charge in [0.2, 0.25) is 0 Å². The second-order valence-electron chi connectivity index (χ2n) is 6.40. The monoisotopic (exact) mass is 417 g/mol. The van der Waals surface area contributed by atoms with Crippen LogP contribution >= 0.6 is 23.2 Å². The Morgan fingerprint density at radius 2 is 1.79 bits per heavy atom.